The average molecular weight is 318 g/mol. The summed E-state index contributed by atoms with van der Waals surface area (Å²) in [6.07, 6.45) is 5.59. The highest BCUT2D eigenvalue weighted by Crippen LogP contribution is 2.62. The molecule has 0 amide bonds. The lowest BCUT2D eigenvalue weighted by molar-refractivity contribution is -0.176. The second-order valence-corrected chi connectivity index (χ2v) is 7.85. The number of ether oxygens (including phenoxy) is 1. The first-order valence-corrected chi connectivity index (χ1v) is 8.87. The third-order valence-electron chi connectivity index (χ3n) is 6.17. The van der Waals surface area contributed by atoms with Gasteiger partial charge in [0.05, 0.1) is 6.10 Å². The number of benzene rings is 1. The van der Waals surface area contributed by atoms with E-state index in [0.717, 1.165) is 24.3 Å². The van der Waals surface area contributed by atoms with Gasteiger partial charge in [-0.2, -0.15) is 0 Å². The van der Waals surface area contributed by atoms with Crippen molar-refractivity contribution in [3.05, 3.63) is 35.1 Å². The number of hydrogen-bond donors (Lipinski definition) is 1. The summed E-state index contributed by atoms with van der Waals surface area (Å²) in [6.45, 7) is 2.32. The van der Waals surface area contributed by atoms with Gasteiger partial charge in [-0.25, -0.2) is 4.39 Å². The fourth-order valence-electron chi connectivity index (χ4n) is 4.96. The largest absolute Gasteiger partial charge is 0.377 e. The maximum Gasteiger partial charge on any atom is 0.128 e. The maximum absolute atomic E-state index is 14.2. The van der Waals surface area contributed by atoms with E-state index >= 15 is 0 Å². The highest BCUT2D eigenvalue weighted by Gasteiger charge is 2.66. The molecular weight excluding hydrogens is 291 g/mol. The van der Waals surface area contributed by atoms with Crippen molar-refractivity contribution in [2.24, 2.45) is 11.3 Å². The Hall–Kier alpha value is -0.970. The zero-order chi connectivity index (χ0) is 16.0. The number of rotatable bonds is 5. The number of nitrogens with zero attached hydrogens (tertiary/aromatic N) is 1. The molecule has 3 atom stereocenters. The van der Waals surface area contributed by atoms with Crippen LogP contribution in [0.2, 0.25) is 0 Å². The van der Waals surface area contributed by atoms with Crippen molar-refractivity contribution in [3.63, 3.8) is 0 Å². The first-order chi connectivity index (χ1) is 11.1. The molecule has 1 aromatic rings. The van der Waals surface area contributed by atoms with Gasteiger partial charge in [-0.05, 0) is 45.0 Å². The molecule has 126 valence electrons. The lowest BCUT2D eigenvalue weighted by Crippen LogP contribution is -2.70. The van der Waals surface area contributed by atoms with E-state index < -0.39 is 0 Å². The molecule has 23 heavy (non-hydrogen) atoms. The Kier molecular flexibility index (Phi) is 3.94. The summed E-state index contributed by atoms with van der Waals surface area (Å²) in [6, 6.07) is 6.24. The second kappa shape index (κ2) is 5.83. The van der Waals surface area contributed by atoms with Crippen molar-refractivity contribution in [2.45, 2.75) is 50.9 Å². The van der Waals surface area contributed by atoms with Crippen molar-refractivity contribution in [3.8, 4) is 0 Å². The van der Waals surface area contributed by atoms with Gasteiger partial charge in [-0.1, -0.05) is 18.6 Å². The third kappa shape index (κ3) is 2.51. The quantitative estimate of drug-likeness (QED) is 0.903. The van der Waals surface area contributed by atoms with Crippen LogP contribution in [0, 0.1) is 17.2 Å². The summed E-state index contributed by atoms with van der Waals surface area (Å²) >= 11 is 0. The zero-order valence-electron chi connectivity index (χ0n) is 14.1. The molecule has 2 aliphatic carbocycles. The average Bonchev–Trinajstić information content (AvgIpc) is 2.85. The van der Waals surface area contributed by atoms with E-state index in [1.54, 1.807) is 6.07 Å². The van der Waals surface area contributed by atoms with Crippen molar-refractivity contribution in [2.75, 3.05) is 20.7 Å². The highest BCUT2D eigenvalue weighted by atomic mass is 19.1. The van der Waals surface area contributed by atoms with Gasteiger partial charge in [0.2, 0.25) is 0 Å². The molecular formula is C19H27FN2O. The van der Waals surface area contributed by atoms with Gasteiger partial charge in [0.1, 0.15) is 5.82 Å². The summed E-state index contributed by atoms with van der Waals surface area (Å²) < 4.78 is 20.2. The molecule has 1 spiro atoms. The van der Waals surface area contributed by atoms with E-state index in [-0.39, 0.29) is 5.82 Å². The van der Waals surface area contributed by atoms with Gasteiger partial charge in [-0.15, -0.1) is 0 Å². The van der Waals surface area contributed by atoms with E-state index in [2.05, 4.69) is 11.4 Å². The molecule has 1 aliphatic heterocycles. The summed E-state index contributed by atoms with van der Waals surface area (Å²) in [4.78, 5) is 1.99. The lowest BCUT2D eigenvalue weighted by atomic mass is 9.46. The van der Waals surface area contributed by atoms with Crippen LogP contribution < -0.4 is 5.32 Å². The zero-order valence-corrected chi connectivity index (χ0v) is 14.1. The van der Waals surface area contributed by atoms with Crippen LogP contribution in [0.25, 0.3) is 0 Å². The fourth-order valence-corrected chi connectivity index (χ4v) is 4.96. The van der Waals surface area contributed by atoms with Crippen molar-refractivity contribution in [1.82, 2.24) is 10.2 Å². The Morgan fingerprint density at radius 1 is 1.35 bits per heavy atom. The van der Waals surface area contributed by atoms with Gasteiger partial charge in [-0.3, -0.25) is 0 Å². The minimum absolute atomic E-state index is 0.0907. The van der Waals surface area contributed by atoms with E-state index in [1.807, 2.05) is 25.1 Å². The minimum atomic E-state index is -0.0907. The minimum Gasteiger partial charge on any atom is -0.377 e. The fraction of sp³-hybridized carbons (Fsp3) is 0.684. The number of halogens is 1. The van der Waals surface area contributed by atoms with Crippen LogP contribution in [0.4, 0.5) is 4.39 Å². The van der Waals surface area contributed by atoms with Gasteiger partial charge in [0.15, 0.2) is 0 Å². The molecule has 3 unspecified atom stereocenters. The molecule has 4 heteroatoms. The van der Waals surface area contributed by atoms with Crippen LogP contribution in [-0.4, -0.2) is 37.7 Å². The van der Waals surface area contributed by atoms with Gasteiger partial charge >= 0.3 is 0 Å². The summed E-state index contributed by atoms with van der Waals surface area (Å²) in [7, 11) is 3.92. The molecule has 0 bridgehead atoms. The van der Waals surface area contributed by atoms with Gasteiger partial charge in [0, 0.05) is 42.6 Å². The smallest absolute Gasteiger partial charge is 0.128 e. The van der Waals surface area contributed by atoms with Crippen LogP contribution >= 0.6 is 0 Å². The molecule has 3 aliphatic rings. The standard InChI is InChI=1S/C19H27FN2O/c1-22(2)12-14-5-4-13(10-16(14)20)11-21-17-15-6-9-23-18(15)19(17)7-3-8-19/h4-5,10,15,17-18,21H,3,6-9,11-12H2,1-2H3. The van der Waals surface area contributed by atoms with Crippen LogP contribution in [-0.2, 0) is 17.8 Å². The summed E-state index contributed by atoms with van der Waals surface area (Å²) in [5.41, 5.74) is 2.20. The number of fused-ring (bicyclic) bond motifs is 2. The maximum atomic E-state index is 14.2. The van der Waals surface area contributed by atoms with Gasteiger partial charge in [0.25, 0.3) is 0 Å². The second-order valence-electron chi connectivity index (χ2n) is 7.85. The van der Waals surface area contributed by atoms with Crippen molar-refractivity contribution >= 4 is 0 Å². The van der Waals surface area contributed by atoms with E-state index in [9.17, 15) is 4.39 Å². The van der Waals surface area contributed by atoms with E-state index in [0.29, 0.717) is 30.0 Å². The third-order valence-corrected chi connectivity index (χ3v) is 6.17. The summed E-state index contributed by atoms with van der Waals surface area (Å²) in [5, 5.41) is 3.73. The first kappa shape index (κ1) is 15.6. The Morgan fingerprint density at radius 2 is 2.17 bits per heavy atom. The molecule has 1 heterocycles. The van der Waals surface area contributed by atoms with Crippen molar-refractivity contribution in [1.29, 1.82) is 0 Å². The Labute approximate surface area is 138 Å². The lowest BCUT2D eigenvalue weighted by Gasteiger charge is -2.63. The molecule has 2 saturated carbocycles. The van der Waals surface area contributed by atoms with E-state index in [4.69, 9.17) is 4.74 Å². The molecule has 4 rings (SSSR count). The topological polar surface area (TPSA) is 24.5 Å². The van der Waals surface area contributed by atoms with Crippen molar-refractivity contribution < 1.29 is 9.13 Å². The monoisotopic (exact) mass is 318 g/mol. The molecule has 3 nitrogen and oxygen atoms in total. The van der Waals surface area contributed by atoms with Crippen LogP contribution in [0.3, 0.4) is 0 Å². The molecule has 0 radical (unpaired) electrons. The highest BCUT2D eigenvalue weighted by molar-refractivity contribution is 5.25. The van der Waals surface area contributed by atoms with Gasteiger partial charge < -0.3 is 15.0 Å². The van der Waals surface area contributed by atoms with Crippen LogP contribution in [0.15, 0.2) is 18.2 Å². The normalized spacial score (nSPS) is 31.0. The molecule has 1 aromatic carbocycles. The number of hydrogen-bond acceptors (Lipinski definition) is 3. The van der Waals surface area contributed by atoms with Crippen LogP contribution in [0.1, 0.15) is 36.8 Å². The molecule has 3 fully saturated rings. The number of nitrogens with one attached hydrogen (secondary N) is 1. The van der Waals surface area contributed by atoms with E-state index in [1.165, 1.54) is 25.7 Å². The predicted octanol–water partition coefficient (Wildman–Crippen LogP) is 2.93. The molecule has 0 aromatic heterocycles. The molecule has 1 N–H and O–H groups in total. The molecule has 1 saturated heterocycles. The Bertz CT molecular complexity index is 585. The Morgan fingerprint density at radius 3 is 2.83 bits per heavy atom. The predicted molar refractivity (Wildman–Crippen MR) is 88.5 cm³/mol. The van der Waals surface area contributed by atoms with Crippen LogP contribution in [0.5, 0.6) is 0 Å². The first-order valence-electron chi connectivity index (χ1n) is 8.87. The SMILES string of the molecule is CN(C)Cc1ccc(CNC2C3CCOC3C23CCC3)cc1F. The Balaban J connectivity index is 1.40. The summed E-state index contributed by atoms with van der Waals surface area (Å²) in [5.74, 6) is 0.584.